The minimum Gasteiger partial charge on any atom is -0.508 e. The molecule has 0 heterocycles. The van der Waals surface area contributed by atoms with Crippen molar-refractivity contribution in [3.8, 4) is 22.6 Å². The van der Waals surface area contributed by atoms with Gasteiger partial charge in [0.15, 0.2) is 0 Å². The summed E-state index contributed by atoms with van der Waals surface area (Å²) in [7, 11) is -0.384. The van der Waals surface area contributed by atoms with Gasteiger partial charge in [-0.25, -0.2) is 4.39 Å². The first-order valence-corrected chi connectivity index (χ1v) is 15.2. The molecular formula is C32H42FO3P. The second kappa shape index (κ2) is 13.9. The van der Waals surface area contributed by atoms with Gasteiger partial charge in [-0.3, -0.25) is 0 Å². The van der Waals surface area contributed by atoms with Gasteiger partial charge in [-0.2, -0.15) is 0 Å². The number of hydrogen-bond acceptors (Lipinski definition) is 3. The Hall–Kier alpha value is -2.42. The largest absolute Gasteiger partial charge is 0.508 e. The van der Waals surface area contributed by atoms with Crippen LogP contribution in [0.25, 0.3) is 11.1 Å². The predicted molar refractivity (Wildman–Crippen MR) is 154 cm³/mol. The molecule has 0 bridgehead atoms. The molecule has 0 spiro atoms. The zero-order valence-corrected chi connectivity index (χ0v) is 23.9. The molecule has 3 aromatic rings. The lowest BCUT2D eigenvalue weighted by molar-refractivity contribution is 0.305. The number of aromatic hydroxyl groups is 1. The first kappa shape index (κ1) is 29.1. The number of phenols is 1. The standard InChI is InChI=1S/C29H36FO3P.C3H6/c1-6-33-34(5)15-14-21-8-7-9-25(17-21)32-20-22-10-12-26(23(16-22)19-29(2,3)4)27-18-24(31)11-13-28(27)30;1-2-3-1/h7-13,16-18,31H,6,14-15,19-20H2,1-5H3;1-3H2. The van der Waals surface area contributed by atoms with E-state index in [1.807, 2.05) is 31.2 Å². The number of aryl methyl sites for hydroxylation is 1. The molecule has 0 radical (unpaired) electrons. The van der Waals surface area contributed by atoms with Gasteiger partial charge in [0.1, 0.15) is 23.9 Å². The molecule has 0 aromatic heterocycles. The van der Waals surface area contributed by atoms with E-state index in [-0.39, 0.29) is 25.1 Å². The Morgan fingerprint density at radius 3 is 2.35 bits per heavy atom. The first-order valence-electron chi connectivity index (χ1n) is 13.3. The normalized spacial score (nSPS) is 13.5. The molecule has 1 aliphatic carbocycles. The maximum Gasteiger partial charge on any atom is 0.131 e. The van der Waals surface area contributed by atoms with Crippen LogP contribution in [0.5, 0.6) is 11.5 Å². The van der Waals surface area contributed by atoms with Crippen LogP contribution < -0.4 is 4.74 Å². The average molecular weight is 525 g/mol. The smallest absolute Gasteiger partial charge is 0.131 e. The molecule has 3 aromatic carbocycles. The van der Waals surface area contributed by atoms with Gasteiger partial charge in [-0.1, -0.05) is 70.4 Å². The van der Waals surface area contributed by atoms with Crippen LogP contribution in [0.15, 0.2) is 60.7 Å². The van der Waals surface area contributed by atoms with E-state index in [4.69, 9.17) is 9.26 Å². The molecule has 1 atom stereocenters. The Labute approximate surface area is 223 Å². The Morgan fingerprint density at radius 2 is 1.68 bits per heavy atom. The minimum absolute atomic E-state index is 0.0238. The van der Waals surface area contributed by atoms with Crippen molar-refractivity contribution in [1.29, 1.82) is 0 Å². The fraction of sp³-hybridized carbons (Fsp3) is 0.438. The van der Waals surface area contributed by atoms with Crippen molar-refractivity contribution < 1.29 is 18.8 Å². The molecule has 1 saturated carbocycles. The lowest BCUT2D eigenvalue weighted by Crippen LogP contribution is -2.11. The summed E-state index contributed by atoms with van der Waals surface area (Å²) in [5, 5.41) is 9.91. The van der Waals surface area contributed by atoms with E-state index < -0.39 is 0 Å². The van der Waals surface area contributed by atoms with Crippen LogP contribution in [0.3, 0.4) is 0 Å². The topological polar surface area (TPSA) is 38.7 Å². The molecule has 37 heavy (non-hydrogen) atoms. The zero-order chi connectivity index (χ0) is 26.8. The van der Waals surface area contributed by atoms with Gasteiger partial charge in [-0.15, -0.1) is 0 Å². The average Bonchev–Trinajstić information content (AvgIpc) is 3.73. The second-order valence-electron chi connectivity index (χ2n) is 10.9. The van der Waals surface area contributed by atoms with E-state index in [0.29, 0.717) is 12.2 Å². The van der Waals surface area contributed by atoms with E-state index >= 15 is 0 Å². The SMILES string of the molecule is C1CC1.CCOP(C)CCc1cccc(OCc2ccc(-c3cc(O)ccc3F)c(CC(C)(C)C)c2)c1. The highest BCUT2D eigenvalue weighted by Gasteiger charge is 2.18. The van der Waals surface area contributed by atoms with Crippen molar-refractivity contribution in [2.45, 2.75) is 66.4 Å². The Morgan fingerprint density at radius 1 is 0.919 bits per heavy atom. The number of hydrogen-bond donors (Lipinski definition) is 1. The summed E-state index contributed by atoms with van der Waals surface area (Å²) < 4.78 is 26.4. The van der Waals surface area contributed by atoms with Gasteiger partial charge < -0.3 is 14.4 Å². The lowest BCUT2D eigenvalue weighted by Gasteiger charge is -2.22. The summed E-state index contributed by atoms with van der Waals surface area (Å²) in [5.41, 5.74) is 4.56. The van der Waals surface area contributed by atoms with E-state index in [1.54, 1.807) is 0 Å². The molecule has 0 saturated heterocycles. The highest BCUT2D eigenvalue weighted by molar-refractivity contribution is 7.51. The Kier molecular flexibility index (Phi) is 11.0. The van der Waals surface area contributed by atoms with Crippen molar-refractivity contribution in [2.24, 2.45) is 5.41 Å². The number of benzene rings is 3. The zero-order valence-electron chi connectivity index (χ0n) is 23.0. The molecule has 200 valence electrons. The van der Waals surface area contributed by atoms with Gasteiger partial charge in [0.25, 0.3) is 0 Å². The first-order chi connectivity index (χ1) is 17.6. The molecule has 1 unspecified atom stereocenters. The van der Waals surface area contributed by atoms with Gasteiger partial charge >= 0.3 is 0 Å². The molecular weight excluding hydrogens is 482 g/mol. The third-order valence-electron chi connectivity index (χ3n) is 5.85. The summed E-state index contributed by atoms with van der Waals surface area (Å²) in [6.45, 7) is 11.9. The molecule has 5 heteroatoms. The van der Waals surface area contributed by atoms with Crippen LogP contribution in [0.1, 0.15) is 63.6 Å². The van der Waals surface area contributed by atoms with E-state index in [2.05, 4.69) is 45.6 Å². The third-order valence-corrected chi connectivity index (χ3v) is 7.41. The van der Waals surface area contributed by atoms with Gasteiger partial charge in [0.05, 0.1) is 0 Å². The summed E-state index contributed by atoms with van der Waals surface area (Å²) in [6, 6.07) is 18.4. The molecule has 3 nitrogen and oxygen atoms in total. The highest BCUT2D eigenvalue weighted by Crippen LogP contribution is 2.34. The van der Waals surface area contributed by atoms with Crippen LogP contribution in [-0.2, 0) is 24.0 Å². The van der Waals surface area contributed by atoms with Crippen LogP contribution in [-0.4, -0.2) is 24.5 Å². The molecule has 1 fully saturated rings. The van der Waals surface area contributed by atoms with Crippen LogP contribution in [0.4, 0.5) is 4.39 Å². The fourth-order valence-corrected chi connectivity index (χ4v) is 5.11. The lowest BCUT2D eigenvalue weighted by atomic mass is 9.84. The van der Waals surface area contributed by atoms with Crippen LogP contribution in [0.2, 0.25) is 0 Å². The molecule has 0 aliphatic heterocycles. The van der Waals surface area contributed by atoms with Crippen molar-refractivity contribution >= 4 is 8.15 Å². The van der Waals surface area contributed by atoms with Crippen molar-refractivity contribution in [3.63, 3.8) is 0 Å². The number of rotatable bonds is 10. The number of halogens is 1. The van der Waals surface area contributed by atoms with Gasteiger partial charge in [0, 0.05) is 20.3 Å². The molecule has 4 rings (SSSR count). The fourth-order valence-electron chi connectivity index (χ4n) is 3.97. The van der Waals surface area contributed by atoms with Crippen molar-refractivity contribution in [1.82, 2.24) is 0 Å². The van der Waals surface area contributed by atoms with E-state index in [0.717, 1.165) is 48.1 Å². The summed E-state index contributed by atoms with van der Waals surface area (Å²) in [4.78, 5) is 0. The predicted octanol–water partition coefficient (Wildman–Crippen LogP) is 9.14. The van der Waals surface area contributed by atoms with Crippen LogP contribution in [0, 0.1) is 11.2 Å². The summed E-state index contributed by atoms with van der Waals surface area (Å²) >= 11 is 0. The van der Waals surface area contributed by atoms with Crippen molar-refractivity contribution in [3.05, 3.63) is 83.2 Å². The van der Waals surface area contributed by atoms with Gasteiger partial charge in [0.2, 0.25) is 0 Å². The molecule has 1 N–H and O–H groups in total. The summed E-state index contributed by atoms with van der Waals surface area (Å²) in [5.74, 6) is 0.561. The Balaban J connectivity index is 0.00000118. The quantitative estimate of drug-likeness (QED) is 0.269. The maximum absolute atomic E-state index is 14.6. The monoisotopic (exact) mass is 524 g/mol. The number of ether oxygens (including phenoxy) is 1. The van der Waals surface area contributed by atoms with E-state index in [1.165, 1.54) is 43.0 Å². The molecule has 1 aliphatic rings. The Bertz CT molecular complexity index is 1130. The van der Waals surface area contributed by atoms with Crippen LogP contribution >= 0.6 is 8.15 Å². The third kappa shape index (κ3) is 10.5. The minimum atomic E-state index is -0.384. The maximum atomic E-state index is 14.6. The number of phenolic OH excluding ortho intramolecular Hbond substituents is 1. The second-order valence-corrected chi connectivity index (χ2v) is 12.9. The highest BCUT2D eigenvalue weighted by atomic mass is 31.1. The molecule has 0 amide bonds. The van der Waals surface area contributed by atoms with E-state index in [9.17, 15) is 9.50 Å². The van der Waals surface area contributed by atoms with Crippen molar-refractivity contribution in [2.75, 3.05) is 19.4 Å². The van der Waals surface area contributed by atoms with Gasteiger partial charge in [-0.05, 0) is 90.6 Å². The summed E-state index contributed by atoms with van der Waals surface area (Å²) in [6.07, 6.45) is 7.29.